The van der Waals surface area contributed by atoms with Gasteiger partial charge >= 0.3 is 0 Å². The lowest BCUT2D eigenvalue weighted by molar-refractivity contribution is 0.0873. The van der Waals surface area contributed by atoms with Crippen LogP contribution in [-0.2, 0) is 0 Å². The fraction of sp³-hybridized carbons (Fsp3) is 1.00. The fourth-order valence-electron chi connectivity index (χ4n) is 2.52. The van der Waals surface area contributed by atoms with Crippen LogP contribution in [0.25, 0.3) is 0 Å². The Morgan fingerprint density at radius 1 is 1.23 bits per heavy atom. The molecule has 1 fully saturated rings. The Labute approximate surface area is 82.5 Å². The van der Waals surface area contributed by atoms with E-state index in [1.165, 1.54) is 25.7 Å². The van der Waals surface area contributed by atoms with Crippen LogP contribution in [0, 0.1) is 17.3 Å². The van der Waals surface area contributed by atoms with Gasteiger partial charge in [-0.1, -0.05) is 20.8 Å². The standard InChI is InChI=1S/C12H24O/c1-9-5-7-12(3,4)8-6-11(9)10(2)13/h9-11,13H,5-8H2,1-4H3. The number of rotatable bonds is 1. The van der Waals surface area contributed by atoms with Crippen LogP contribution in [0.15, 0.2) is 0 Å². The van der Waals surface area contributed by atoms with Crippen LogP contribution in [0.3, 0.4) is 0 Å². The maximum atomic E-state index is 9.64. The van der Waals surface area contributed by atoms with E-state index in [-0.39, 0.29) is 6.10 Å². The molecule has 0 amide bonds. The van der Waals surface area contributed by atoms with Crippen LogP contribution >= 0.6 is 0 Å². The van der Waals surface area contributed by atoms with Gasteiger partial charge in [-0.2, -0.15) is 0 Å². The summed E-state index contributed by atoms with van der Waals surface area (Å²) in [6, 6.07) is 0. The van der Waals surface area contributed by atoms with E-state index in [9.17, 15) is 5.11 Å². The average molecular weight is 184 g/mol. The Morgan fingerprint density at radius 2 is 1.77 bits per heavy atom. The van der Waals surface area contributed by atoms with Crippen molar-refractivity contribution < 1.29 is 5.11 Å². The molecule has 0 aromatic rings. The number of hydrogen-bond acceptors (Lipinski definition) is 1. The van der Waals surface area contributed by atoms with Crippen molar-refractivity contribution in [3.05, 3.63) is 0 Å². The quantitative estimate of drug-likeness (QED) is 0.620. The molecule has 0 aliphatic heterocycles. The third kappa shape index (κ3) is 2.98. The maximum absolute atomic E-state index is 9.64. The third-order valence-corrected chi connectivity index (χ3v) is 3.78. The van der Waals surface area contributed by atoms with Gasteiger partial charge in [-0.25, -0.2) is 0 Å². The van der Waals surface area contributed by atoms with E-state index in [2.05, 4.69) is 20.8 Å². The van der Waals surface area contributed by atoms with Gasteiger partial charge in [0.15, 0.2) is 0 Å². The molecule has 0 spiro atoms. The molecule has 0 bridgehead atoms. The molecular weight excluding hydrogens is 160 g/mol. The summed E-state index contributed by atoms with van der Waals surface area (Å²) in [4.78, 5) is 0. The van der Waals surface area contributed by atoms with Gasteiger partial charge < -0.3 is 5.11 Å². The lowest BCUT2D eigenvalue weighted by atomic mass is 9.84. The fourth-order valence-corrected chi connectivity index (χ4v) is 2.52. The molecule has 1 nitrogen and oxygen atoms in total. The highest BCUT2D eigenvalue weighted by Gasteiger charge is 2.30. The van der Waals surface area contributed by atoms with Crippen molar-refractivity contribution in [2.75, 3.05) is 0 Å². The SMILES string of the molecule is CC(O)C1CCC(C)(C)CCC1C. The van der Waals surface area contributed by atoms with Gasteiger partial charge in [0.2, 0.25) is 0 Å². The molecule has 0 aromatic heterocycles. The van der Waals surface area contributed by atoms with Crippen LogP contribution in [-0.4, -0.2) is 11.2 Å². The van der Waals surface area contributed by atoms with Crippen LogP contribution in [0.4, 0.5) is 0 Å². The van der Waals surface area contributed by atoms with Crippen molar-refractivity contribution in [2.24, 2.45) is 17.3 Å². The molecule has 13 heavy (non-hydrogen) atoms. The van der Waals surface area contributed by atoms with Crippen molar-refractivity contribution in [1.29, 1.82) is 0 Å². The molecule has 1 saturated carbocycles. The van der Waals surface area contributed by atoms with Gasteiger partial charge in [0.1, 0.15) is 0 Å². The molecule has 1 heteroatoms. The molecule has 0 heterocycles. The highest BCUT2D eigenvalue weighted by atomic mass is 16.3. The van der Waals surface area contributed by atoms with Crippen LogP contribution in [0.1, 0.15) is 53.4 Å². The molecule has 0 aromatic carbocycles. The molecule has 1 aliphatic rings. The monoisotopic (exact) mass is 184 g/mol. The molecule has 1 aliphatic carbocycles. The summed E-state index contributed by atoms with van der Waals surface area (Å²) in [7, 11) is 0. The Kier molecular flexibility index (Phi) is 3.39. The summed E-state index contributed by atoms with van der Waals surface area (Å²) < 4.78 is 0. The van der Waals surface area contributed by atoms with Crippen molar-refractivity contribution >= 4 is 0 Å². The highest BCUT2D eigenvalue weighted by molar-refractivity contribution is 4.81. The molecule has 0 radical (unpaired) electrons. The summed E-state index contributed by atoms with van der Waals surface area (Å²) in [6.07, 6.45) is 4.95. The minimum absolute atomic E-state index is 0.121. The van der Waals surface area contributed by atoms with Crippen LogP contribution < -0.4 is 0 Å². The molecule has 3 atom stereocenters. The van der Waals surface area contributed by atoms with Gasteiger partial charge in [-0.15, -0.1) is 0 Å². The van der Waals surface area contributed by atoms with Crippen molar-refractivity contribution in [1.82, 2.24) is 0 Å². The van der Waals surface area contributed by atoms with E-state index < -0.39 is 0 Å². The molecular formula is C12H24O. The minimum atomic E-state index is -0.121. The van der Waals surface area contributed by atoms with Crippen molar-refractivity contribution in [3.8, 4) is 0 Å². The first kappa shape index (κ1) is 11.0. The maximum Gasteiger partial charge on any atom is 0.0542 e. The Hall–Kier alpha value is -0.0400. The topological polar surface area (TPSA) is 20.2 Å². The Balaban J connectivity index is 2.60. The van der Waals surface area contributed by atoms with E-state index >= 15 is 0 Å². The zero-order valence-electron chi connectivity index (χ0n) is 9.51. The Morgan fingerprint density at radius 3 is 2.31 bits per heavy atom. The van der Waals surface area contributed by atoms with E-state index in [1.54, 1.807) is 0 Å². The van der Waals surface area contributed by atoms with Crippen molar-refractivity contribution in [3.63, 3.8) is 0 Å². The summed E-state index contributed by atoms with van der Waals surface area (Å²) in [5, 5.41) is 9.64. The van der Waals surface area contributed by atoms with Gasteiger partial charge in [-0.3, -0.25) is 0 Å². The Bertz CT molecular complexity index is 161. The third-order valence-electron chi connectivity index (χ3n) is 3.78. The van der Waals surface area contributed by atoms with Crippen LogP contribution in [0.5, 0.6) is 0 Å². The average Bonchev–Trinajstić information content (AvgIpc) is 2.11. The second kappa shape index (κ2) is 4.00. The zero-order chi connectivity index (χ0) is 10.1. The van der Waals surface area contributed by atoms with Crippen LogP contribution in [0.2, 0.25) is 0 Å². The van der Waals surface area contributed by atoms with E-state index in [1.807, 2.05) is 6.92 Å². The normalized spacial score (nSPS) is 36.7. The number of hydrogen-bond donors (Lipinski definition) is 1. The smallest absolute Gasteiger partial charge is 0.0542 e. The molecule has 78 valence electrons. The van der Waals surface area contributed by atoms with E-state index in [0.717, 1.165) is 0 Å². The molecule has 0 saturated heterocycles. The van der Waals surface area contributed by atoms with Gasteiger partial charge in [-0.05, 0) is 49.9 Å². The summed E-state index contributed by atoms with van der Waals surface area (Å²) in [5.41, 5.74) is 0.498. The molecule has 1 rings (SSSR count). The second-order valence-electron chi connectivity index (χ2n) is 5.62. The zero-order valence-corrected chi connectivity index (χ0v) is 9.51. The summed E-state index contributed by atoms with van der Waals surface area (Å²) >= 11 is 0. The lowest BCUT2D eigenvalue weighted by Crippen LogP contribution is -2.22. The van der Waals surface area contributed by atoms with Gasteiger partial charge in [0.25, 0.3) is 0 Å². The predicted octanol–water partition coefficient (Wildman–Crippen LogP) is 3.22. The predicted molar refractivity (Wildman–Crippen MR) is 56.6 cm³/mol. The first-order valence-corrected chi connectivity index (χ1v) is 5.60. The largest absolute Gasteiger partial charge is 0.393 e. The molecule has 3 unspecified atom stereocenters. The van der Waals surface area contributed by atoms with E-state index in [0.29, 0.717) is 17.3 Å². The molecule has 1 N–H and O–H groups in total. The van der Waals surface area contributed by atoms with Gasteiger partial charge in [0, 0.05) is 0 Å². The minimum Gasteiger partial charge on any atom is -0.393 e. The second-order valence-corrected chi connectivity index (χ2v) is 5.62. The number of aliphatic hydroxyl groups excluding tert-OH is 1. The summed E-state index contributed by atoms with van der Waals surface area (Å²) in [6.45, 7) is 8.94. The first-order chi connectivity index (χ1) is 5.92. The van der Waals surface area contributed by atoms with E-state index in [4.69, 9.17) is 0 Å². The first-order valence-electron chi connectivity index (χ1n) is 5.60. The van der Waals surface area contributed by atoms with Gasteiger partial charge in [0.05, 0.1) is 6.10 Å². The van der Waals surface area contributed by atoms with Crippen molar-refractivity contribution in [2.45, 2.75) is 59.5 Å². The highest BCUT2D eigenvalue weighted by Crippen LogP contribution is 2.39. The number of aliphatic hydroxyl groups is 1. The lowest BCUT2D eigenvalue weighted by Gasteiger charge is -2.24. The summed E-state index contributed by atoms with van der Waals surface area (Å²) in [5.74, 6) is 1.23.